The molecule has 35 heavy (non-hydrogen) atoms. The molecule has 3 heterocycles. The minimum absolute atomic E-state index is 0.0378. The number of hydrogen-bond acceptors (Lipinski definition) is 6. The smallest absolute Gasteiger partial charge is 0.257 e. The molecule has 4 rings (SSSR count). The first-order chi connectivity index (χ1) is 16.8. The molecule has 1 unspecified atom stereocenters. The van der Waals surface area contributed by atoms with E-state index in [0.717, 1.165) is 13.0 Å². The van der Waals surface area contributed by atoms with E-state index in [-0.39, 0.29) is 30.1 Å². The highest BCUT2D eigenvalue weighted by molar-refractivity contribution is 6.00. The highest BCUT2D eigenvalue weighted by Crippen LogP contribution is 2.35. The number of nitrogens with zero attached hydrogens (tertiary/aromatic N) is 2. The number of aromatic nitrogens is 1. The zero-order valence-corrected chi connectivity index (χ0v) is 20.4. The lowest BCUT2D eigenvalue weighted by Gasteiger charge is -2.22. The molecule has 10 heteroatoms. The van der Waals surface area contributed by atoms with E-state index < -0.39 is 17.4 Å². The van der Waals surface area contributed by atoms with Crippen LogP contribution in [0.25, 0.3) is 10.9 Å². The summed E-state index contributed by atoms with van der Waals surface area (Å²) < 4.78 is 12.6. The SMILES string of the molecule is CCn1cc(C(=O)NC(C(=O)NCCCN2CCCC2=O)C(C)C)c(=O)c2cc3c(cc21)OCO3. The molecule has 1 aromatic carbocycles. The van der Waals surface area contributed by atoms with Gasteiger partial charge in [-0.05, 0) is 31.7 Å². The quantitative estimate of drug-likeness (QED) is 0.523. The molecule has 0 saturated carbocycles. The number of carbonyl (C=O) groups is 3. The average molecular weight is 485 g/mol. The van der Waals surface area contributed by atoms with Crippen LogP contribution in [0.4, 0.5) is 0 Å². The van der Waals surface area contributed by atoms with Crippen LogP contribution in [0.15, 0.2) is 23.1 Å². The van der Waals surface area contributed by atoms with Crippen molar-refractivity contribution in [3.63, 3.8) is 0 Å². The lowest BCUT2D eigenvalue weighted by molar-refractivity contribution is -0.127. The average Bonchev–Trinajstić information content (AvgIpc) is 3.47. The third-order valence-electron chi connectivity index (χ3n) is 6.47. The minimum atomic E-state index is -0.808. The van der Waals surface area contributed by atoms with Crippen molar-refractivity contribution in [1.82, 2.24) is 20.1 Å². The van der Waals surface area contributed by atoms with Crippen molar-refractivity contribution in [2.45, 2.75) is 52.6 Å². The van der Waals surface area contributed by atoms with Gasteiger partial charge in [-0.1, -0.05) is 13.8 Å². The Morgan fingerprint density at radius 1 is 1.14 bits per heavy atom. The van der Waals surface area contributed by atoms with E-state index in [9.17, 15) is 19.2 Å². The van der Waals surface area contributed by atoms with Crippen molar-refractivity contribution in [1.29, 1.82) is 0 Å². The Morgan fingerprint density at radius 2 is 1.89 bits per heavy atom. The molecule has 1 fully saturated rings. The first-order valence-electron chi connectivity index (χ1n) is 12.1. The van der Waals surface area contributed by atoms with Gasteiger partial charge in [-0.3, -0.25) is 19.2 Å². The van der Waals surface area contributed by atoms with Gasteiger partial charge in [-0.25, -0.2) is 0 Å². The first kappa shape index (κ1) is 24.6. The van der Waals surface area contributed by atoms with Gasteiger partial charge in [-0.2, -0.15) is 0 Å². The summed E-state index contributed by atoms with van der Waals surface area (Å²) in [6.45, 7) is 7.95. The number of pyridine rings is 1. The Labute approximate surface area is 203 Å². The summed E-state index contributed by atoms with van der Waals surface area (Å²) in [6, 6.07) is 2.53. The molecule has 2 aliphatic heterocycles. The Hall–Kier alpha value is -3.56. The molecule has 0 aliphatic carbocycles. The Balaban J connectivity index is 1.47. The number of fused-ring (bicyclic) bond motifs is 2. The van der Waals surface area contributed by atoms with Crippen molar-refractivity contribution in [3.05, 3.63) is 34.1 Å². The van der Waals surface area contributed by atoms with Gasteiger partial charge in [0.15, 0.2) is 11.5 Å². The van der Waals surface area contributed by atoms with E-state index in [0.29, 0.717) is 54.9 Å². The zero-order chi connectivity index (χ0) is 25.1. The second-order valence-electron chi connectivity index (χ2n) is 9.20. The second-order valence-corrected chi connectivity index (χ2v) is 9.20. The van der Waals surface area contributed by atoms with Crippen LogP contribution in [0.2, 0.25) is 0 Å². The van der Waals surface area contributed by atoms with Crippen LogP contribution in [0, 0.1) is 5.92 Å². The number of benzene rings is 1. The summed E-state index contributed by atoms with van der Waals surface area (Å²) in [4.78, 5) is 52.7. The molecule has 1 saturated heterocycles. The van der Waals surface area contributed by atoms with Crippen LogP contribution in [-0.2, 0) is 16.1 Å². The van der Waals surface area contributed by atoms with Crippen molar-refractivity contribution in [3.8, 4) is 11.5 Å². The molecule has 1 atom stereocenters. The highest BCUT2D eigenvalue weighted by Gasteiger charge is 2.27. The van der Waals surface area contributed by atoms with Crippen LogP contribution in [-0.4, -0.2) is 59.7 Å². The monoisotopic (exact) mass is 484 g/mol. The molecule has 2 aliphatic rings. The Kier molecular flexibility index (Phi) is 7.28. The molecule has 0 bridgehead atoms. The van der Waals surface area contributed by atoms with E-state index in [4.69, 9.17) is 9.47 Å². The fourth-order valence-corrected chi connectivity index (χ4v) is 4.49. The van der Waals surface area contributed by atoms with Gasteiger partial charge in [0.2, 0.25) is 24.0 Å². The Bertz CT molecular complexity index is 1200. The van der Waals surface area contributed by atoms with Gasteiger partial charge in [0.25, 0.3) is 5.91 Å². The van der Waals surface area contributed by atoms with Gasteiger partial charge in [0.1, 0.15) is 11.6 Å². The number of carbonyl (C=O) groups excluding carboxylic acids is 3. The number of hydrogen-bond donors (Lipinski definition) is 2. The normalized spacial score (nSPS) is 15.7. The van der Waals surface area contributed by atoms with Gasteiger partial charge < -0.3 is 29.6 Å². The topological polar surface area (TPSA) is 119 Å². The Morgan fingerprint density at radius 3 is 2.54 bits per heavy atom. The van der Waals surface area contributed by atoms with Crippen LogP contribution >= 0.6 is 0 Å². The van der Waals surface area contributed by atoms with E-state index in [2.05, 4.69) is 10.6 Å². The zero-order valence-electron chi connectivity index (χ0n) is 20.4. The minimum Gasteiger partial charge on any atom is -0.454 e. The predicted molar refractivity (Wildman–Crippen MR) is 130 cm³/mol. The van der Waals surface area contributed by atoms with Crippen molar-refractivity contribution >= 4 is 28.6 Å². The van der Waals surface area contributed by atoms with Crippen molar-refractivity contribution < 1.29 is 23.9 Å². The molecule has 0 radical (unpaired) electrons. The molecule has 3 amide bonds. The molecule has 1 aromatic heterocycles. The van der Waals surface area contributed by atoms with E-state index in [1.807, 2.05) is 20.8 Å². The van der Waals surface area contributed by atoms with Crippen LogP contribution in [0.3, 0.4) is 0 Å². The molecule has 188 valence electrons. The van der Waals surface area contributed by atoms with Crippen LogP contribution in [0.5, 0.6) is 11.5 Å². The molecule has 2 aromatic rings. The molecule has 2 N–H and O–H groups in total. The third-order valence-corrected chi connectivity index (χ3v) is 6.47. The van der Waals surface area contributed by atoms with E-state index in [1.54, 1.807) is 21.6 Å². The second kappa shape index (κ2) is 10.4. The fourth-order valence-electron chi connectivity index (χ4n) is 4.49. The molecular weight excluding hydrogens is 452 g/mol. The largest absolute Gasteiger partial charge is 0.454 e. The van der Waals surface area contributed by atoms with Gasteiger partial charge >= 0.3 is 0 Å². The highest BCUT2D eigenvalue weighted by atomic mass is 16.7. The van der Waals surface area contributed by atoms with E-state index >= 15 is 0 Å². The molecule has 10 nitrogen and oxygen atoms in total. The van der Waals surface area contributed by atoms with Gasteiger partial charge in [-0.15, -0.1) is 0 Å². The third kappa shape index (κ3) is 5.11. The predicted octanol–water partition coefficient (Wildman–Crippen LogP) is 1.63. The standard InChI is InChI=1S/C25H32N4O6/c1-4-28-13-17(23(31)16-11-19-20(12-18(16)28)35-14-34-19)24(32)27-22(15(2)3)25(33)26-8-6-10-29-9-5-7-21(29)30/h11-13,15,22H,4-10,14H2,1-3H3,(H,26,33)(H,27,32). The summed E-state index contributed by atoms with van der Waals surface area (Å²) in [5, 5.41) is 5.95. The maximum absolute atomic E-state index is 13.2. The number of ether oxygens (including phenoxy) is 2. The van der Waals surface area contributed by atoms with E-state index in [1.165, 1.54) is 6.20 Å². The summed E-state index contributed by atoms with van der Waals surface area (Å²) in [6.07, 6.45) is 3.62. The number of likely N-dealkylation sites (tertiary alicyclic amines) is 1. The first-order valence-corrected chi connectivity index (χ1v) is 12.1. The lowest BCUT2D eigenvalue weighted by atomic mass is 10.0. The number of aryl methyl sites for hydroxylation is 1. The summed E-state index contributed by atoms with van der Waals surface area (Å²) >= 11 is 0. The van der Waals surface area contributed by atoms with Crippen molar-refractivity contribution in [2.75, 3.05) is 26.4 Å². The maximum atomic E-state index is 13.2. The van der Waals surface area contributed by atoms with Crippen LogP contribution < -0.4 is 25.5 Å². The van der Waals surface area contributed by atoms with Crippen LogP contribution in [0.1, 0.15) is 50.4 Å². The summed E-state index contributed by atoms with van der Waals surface area (Å²) in [5.41, 5.74) is 0.177. The summed E-state index contributed by atoms with van der Waals surface area (Å²) in [7, 11) is 0. The number of nitrogens with one attached hydrogen (secondary N) is 2. The number of amides is 3. The maximum Gasteiger partial charge on any atom is 0.257 e. The molecule has 0 spiro atoms. The number of rotatable bonds is 9. The van der Waals surface area contributed by atoms with Gasteiger partial charge in [0.05, 0.1) is 10.9 Å². The van der Waals surface area contributed by atoms with Gasteiger partial charge in [0, 0.05) is 44.9 Å². The summed E-state index contributed by atoms with van der Waals surface area (Å²) in [5.74, 6) is 0.0590. The van der Waals surface area contributed by atoms with Crippen molar-refractivity contribution in [2.24, 2.45) is 5.92 Å². The lowest BCUT2D eigenvalue weighted by Crippen LogP contribution is -2.50. The molecular formula is C25H32N4O6. The fraction of sp³-hybridized carbons (Fsp3) is 0.520.